The molecule has 2 N–H and O–H groups in total. The van der Waals surface area contributed by atoms with Crippen LogP contribution in [0.25, 0.3) is 0 Å². The van der Waals surface area contributed by atoms with Gasteiger partial charge in [0.2, 0.25) is 0 Å². The van der Waals surface area contributed by atoms with Crippen molar-refractivity contribution >= 4 is 11.6 Å². The van der Waals surface area contributed by atoms with Gasteiger partial charge >= 0.3 is 0 Å². The largest absolute Gasteiger partial charge is 0.389 e. The van der Waals surface area contributed by atoms with Crippen LogP contribution in [0, 0.1) is 10.1 Å². The van der Waals surface area contributed by atoms with Crippen LogP contribution in [0.2, 0.25) is 0 Å². The summed E-state index contributed by atoms with van der Waals surface area (Å²) in [5, 5.41) is 26.3. The van der Waals surface area contributed by atoms with Crippen molar-refractivity contribution < 1.29 is 15.1 Å². The molecule has 0 bridgehead atoms. The number of nitro groups is 1. The van der Waals surface area contributed by atoms with E-state index in [2.05, 4.69) is 0 Å². The summed E-state index contributed by atoms with van der Waals surface area (Å²) in [5.41, 5.74) is -1.62. The van der Waals surface area contributed by atoms with Gasteiger partial charge in [-0.25, -0.2) is 0 Å². The van der Waals surface area contributed by atoms with Gasteiger partial charge in [-0.1, -0.05) is 11.6 Å². The molecule has 0 radical (unpaired) electrons. The molecule has 0 saturated carbocycles. The van der Waals surface area contributed by atoms with Crippen LogP contribution in [0.1, 0.15) is 0 Å². The number of halogens is 1. The summed E-state index contributed by atoms with van der Waals surface area (Å²) >= 11 is 4.89. The molecular formula is C3H6ClNO4. The molecule has 9 heavy (non-hydrogen) atoms. The normalized spacial score (nSPS) is 16.8. The summed E-state index contributed by atoms with van der Waals surface area (Å²) in [5.74, 6) is 0. The summed E-state index contributed by atoms with van der Waals surface area (Å²) in [6.07, 6.45) is 0. The molecule has 0 spiro atoms. The maximum atomic E-state index is 9.77. The Bertz CT molecular complexity index is 106. The van der Waals surface area contributed by atoms with Crippen LogP contribution < -0.4 is 0 Å². The van der Waals surface area contributed by atoms with Gasteiger partial charge < -0.3 is 10.2 Å². The number of rotatable bonds is 3. The third kappa shape index (κ3) is 2.59. The minimum atomic E-state index is -1.62. The lowest BCUT2D eigenvalue weighted by Gasteiger charge is -2.05. The zero-order valence-corrected chi connectivity index (χ0v) is 5.15. The van der Waals surface area contributed by atoms with Gasteiger partial charge in [-0.3, -0.25) is 10.1 Å². The first-order valence-corrected chi connectivity index (χ1v) is 2.59. The van der Waals surface area contributed by atoms with Gasteiger partial charge in [0.25, 0.3) is 6.04 Å². The molecule has 0 fully saturated rings. The number of nitrogens with zero attached hydrogens (tertiary/aromatic N) is 1. The Morgan fingerprint density at radius 3 is 2.22 bits per heavy atom. The first kappa shape index (κ1) is 8.61. The van der Waals surface area contributed by atoms with E-state index in [4.69, 9.17) is 21.8 Å². The van der Waals surface area contributed by atoms with E-state index in [9.17, 15) is 10.1 Å². The van der Waals surface area contributed by atoms with Crippen LogP contribution in [0.3, 0.4) is 0 Å². The number of aliphatic hydroxyl groups excluding tert-OH is 2. The van der Waals surface area contributed by atoms with Crippen molar-refractivity contribution in [3.05, 3.63) is 10.1 Å². The predicted octanol–water partition coefficient (Wildman–Crippen LogP) is -0.819. The maximum Gasteiger partial charge on any atom is 0.274 e. The van der Waals surface area contributed by atoms with Crippen LogP contribution in [0.15, 0.2) is 0 Å². The highest BCUT2D eigenvalue weighted by molar-refractivity contribution is 6.19. The molecule has 2 unspecified atom stereocenters. The van der Waals surface area contributed by atoms with Crippen molar-refractivity contribution in [2.45, 2.75) is 11.6 Å². The Hall–Kier alpha value is -0.390. The minimum Gasteiger partial charge on any atom is -0.389 e. The fourth-order valence-corrected chi connectivity index (χ4v) is 0.426. The Balaban J connectivity index is 3.83. The van der Waals surface area contributed by atoms with Gasteiger partial charge in [0, 0.05) is 4.92 Å². The summed E-state index contributed by atoms with van der Waals surface area (Å²) < 4.78 is 0. The summed E-state index contributed by atoms with van der Waals surface area (Å²) in [6.45, 7) is -0.752. The van der Waals surface area contributed by atoms with Crippen molar-refractivity contribution in [2.75, 3.05) is 6.61 Å². The fourth-order valence-electron chi connectivity index (χ4n) is 0.254. The van der Waals surface area contributed by atoms with Crippen molar-refractivity contribution in [1.82, 2.24) is 0 Å². The molecule has 54 valence electrons. The molecule has 2 atom stereocenters. The molecule has 0 rings (SSSR count). The molecule has 0 amide bonds. The number of hydrogen-bond donors (Lipinski definition) is 2. The molecule has 0 aromatic heterocycles. The van der Waals surface area contributed by atoms with E-state index in [1.807, 2.05) is 0 Å². The molecule has 0 aliphatic heterocycles. The van der Waals surface area contributed by atoms with E-state index < -0.39 is 23.1 Å². The molecule has 0 saturated heterocycles. The molecule has 0 aromatic carbocycles. The molecule has 0 aliphatic carbocycles. The van der Waals surface area contributed by atoms with Gasteiger partial charge in [0.1, 0.15) is 6.61 Å². The second-order valence-electron chi connectivity index (χ2n) is 1.41. The van der Waals surface area contributed by atoms with Gasteiger partial charge in [-0.15, -0.1) is 0 Å². The fraction of sp³-hybridized carbons (Fsp3) is 1.00. The minimum absolute atomic E-state index is 0.752. The second-order valence-corrected chi connectivity index (χ2v) is 1.86. The highest BCUT2D eigenvalue weighted by atomic mass is 35.5. The Labute approximate surface area is 56.0 Å². The quantitative estimate of drug-likeness (QED) is 0.317. The topological polar surface area (TPSA) is 83.6 Å². The average molecular weight is 156 g/mol. The maximum absolute atomic E-state index is 9.77. The lowest BCUT2D eigenvalue weighted by molar-refractivity contribution is -0.532. The van der Waals surface area contributed by atoms with E-state index >= 15 is 0 Å². The second kappa shape index (κ2) is 3.60. The van der Waals surface area contributed by atoms with Crippen LogP contribution in [0.4, 0.5) is 0 Å². The van der Waals surface area contributed by atoms with Crippen LogP contribution in [0.5, 0.6) is 0 Å². The lowest BCUT2D eigenvalue weighted by Crippen LogP contribution is -2.33. The first-order chi connectivity index (χ1) is 4.09. The lowest BCUT2D eigenvalue weighted by atomic mass is 10.4. The van der Waals surface area contributed by atoms with E-state index in [-0.39, 0.29) is 0 Å². The summed E-state index contributed by atoms with van der Waals surface area (Å²) in [7, 11) is 0. The van der Waals surface area contributed by atoms with Crippen molar-refractivity contribution in [2.24, 2.45) is 0 Å². The third-order valence-electron chi connectivity index (χ3n) is 0.775. The Kier molecular flexibility index (Phi) is 3.44. The Morgan fingerprint density at radius 2 is 2.22 bits per heavy atom. The van der Waals surface area contributed by atoms with Gasteiger partial charge in [0.15, 0.2) is 5.56 Å². The van der Waals surface area contributed by atoms with E-state index in [0.29, 0.717) is 0 Å². The SMILES string of the molecule is O=[N+]([O-])C(CO)C(O)Cl. The molecule has 5 nitrogen and oxygen atoms in total. The first-order valence-electron chi connectivity index (χ1n) is 2.16. The molecule has 6 heteroatoms. The van der Waals surface area contributed by atoms with Crippen LogP contribution in [-0.2, 0) is 0 Å². The van der Waals surface area contributed by atoms with Gasteiger partial charge in [0.05, 0.1) is 0 Å². The van der Waals surface area contributed by atoms with E-state index in [0.717, 1.165) is 0 Å². The standard InChI is InChI=1S/C3H6ClNO4/c4-3(7)2(1-6)5(8)9/h2-3,6-7H,1H2. The van der Waals surface area contributed by atoms with Crippen molar-refractivity contribution in [3.8, 4) is 0 Å². The summed E-state index contributed by atoms with van der Waals surface area (Å²) in [4.78, 5) is 8.94. The number of hydrogen-bond acceptors (Lipinski definition) is 4. The molecule has 0 aliphatic rings. The zero-order chi connectivity index (χ0) is 7.44. The smallest absolute Gasteiger partial charge is 0.274 e. The van der Waals surface area contributed by atoms with Gasteiger partial charge in [-0.2, -0.15) is 0 Å². The third-order valence-corrected chi connectivity index (χ3v) is 1.07. The zero-order valence-electron chi connectivity index (χ0n) is 4.40. The Morgan fingerprint density at radius 1 is 1.78 bits per heavy atom. The molecular weight excluding hydrogens is 149 g/mol. The number of aliphatic hydroxyl groups is 2. The highest BCUT2D eigenvalue weighted by Crippen LogP contribution is 2.00. The average Bonchev–Trinajstić information content (AvgIpc) is 1.64. The van der Waals surface area contributed by atoms with E-state index in [1.54, 1.807) is 0 Å². The molecule has 0 aromatic rings. The number of alkyl halides is 1. The van der Waals surface area contributed by atoms with Crippen LogP contribution >= 0.6 is 11.6 Å². The van der Waals surface area contributed by atoms with Crippen molar-refractivity contribution in [3.63, 3.8) is 0 Å². The van der Waals surface area contributed by atoms with E-state index in [1.165, 1.54) is 0 Å². The predicted molar refractivity (Wildman–Crippen MR) is 29.7 cm³/mol. The van der Waals surface area contributed by atoms with Crippen LogP contribution in [-0.4, -0.2) is 33.3 Å². The monoisotopic (exact) mass is 155 g/mol. The van der Waals surface area contributed by atoms with Crippen molar-refractivity contribution in [1.29, 1.82) is 0 Å². The highest BCUT2D eigenvalue weighted by Gasteiger charge is 2.26. The summed E-state index contributed by atoms with van der Waals surface area (Å²) in [6, 6.07) is -1.48. The van der Waals surface area contributed by atoms with Gasteiger partial charge in [-0.05, 0) is 0 Å². The molecule has 0 heterocycles.